The molecule has 1 aromatic heterocycles. The largest absolute Gasteiger partial charge is 0.493 e. The zero-order valence-corrected chi connectivity index (χ0v) is 23.4. The summed E-state index contributed by atoms with van der Waals surface area (Å²) < 4.78 is 31.0. The minimum absolute atomic E-state index is 0.0170. The highest BCUT2D eigenvalue weighted by atomic mass is 19.1. The lowest BCUT2D eigenvalue weighted by atomic mass is 9.88. The number of nitrogens with one attached hydrogen (secondary N) is 1. The van der Waals surface area contributed by atoms with E-state index in [1.807, 2.05) is 21.9 Å². The Morgan fingerprint density at radius 3 is 2.49 bits per heavy atom. The zero-order chi connectivity index (χ0) is 29.1. The van der Waals surface area contributed by atoms with Gasteiger partial charge in [0.1, 0.15) is 11.3 Å². The number of nitrogen functional groups attached to an aromatic ring is 1. The van der Waals surface area contributed by atoms with Crippen molar-refractivity contribution in [2.45, 2.75) is 19.4 Å². The van der Waals surface area contributed by atoms with Crippen LogP contribution in [0, 0.1) is 22.6 Å². The predicted molar refractivity (Wildman–Crippen MR) is 151 cm³/mol. The van der Waals surface area contributed by atoms with Gasteiger partial charge in [-0.3, -0.25) is 4.79 Å². The molecule has 1 unspecified atom stereocenters. The Bertz CT molecular complexity index is 1460. The van der Waals surface area contributed by atoms with Crippen molar-refractivity contribution in [2.24, 2.45) is 5.41 Å². The highest BCUT2D eigenvalue weighted by molar-refractivity contribution is 5.92. The molecule has 2 aliphatic rings. The number of hydrogen-bond donors (Lipinski definition) is 2. The Morgan fingerprint density at radius 2 is 1.90 bits per heavy atom. The summed E-state index contributed by atoms with van der Waals surface area (Å²) in [6, 6.07) is 10.8. The number of methoxy groups -OCH3 is 2. The van der Waals surface area contributed by atoms with E-state index in [-0.39, 0.29) is 46.6 Å². The van der Waals surface area contributed by atoms with Crippen molar-refractivity contribution in [1.29, 1.82) is 5.26 Å². The van der Waals surface area contributed by atoms with E-state index < -0.39 is 5.82 Å². The number of hydrogen-bond acceptors (Lipinski definition) is 10. The summed E-state index contributed by atoms with van der Waals surface area (Å²) in [5.74, 6) is -0.0788. The SMILES string of the molecule is COc1cc2c(N)nc(N3CCN(C(=O)CC(NCC4(C)COC4)c4ccc(C#N)cc4)CC3)nc2c(F)c1OC. The Balaban J connectivity index is 1.27. The monoisotopic (exact) mass is 563 g/mol. The molecule has 2 aliphatic heterocycles. The summed E-state index contributed by atoms with van der Waals surface area (Å²) in [4.78, 5) is 26.0. The van der Waals surface area contributed by atoms with E-state index in [2.05, 4.69) is 28.3 Å². The molecule has 2 fully saturated rings. The molecule has 3 aromatic rings. The molecular formula is C29H34FN7O4. The number of nitrogens with zero attached hydrogens (tertiary/aromatic N) is 5. The number of nitriles is 1. The van der Waals surface area contributed by atoms with Crippen LogP contribution in [0.3, 0.4) is 0 Å². The quantitative estimate of drug-likeness (QED) is 0.399. The van der Waals surface area contributed by atoms with Crippen LogP contribution in [0.4, 0.5) is 16.2 Å². The van der Waals surface area contributed by atoms with E-state index in [0.717, 1.165) is 5.56 Å². The average molecular weight is 564 g/mol. The topological polar surface area (TPSA) is 139 Å². The first-order valence-corrected chi connectivity index (χ1v) is 13.5. The molecule has 41 heavy (non-hydrogen) atoms. The minimum Gasteiger partial charge on any atom is -0.493 e. The van der Waals surface area contributed by atoms with Crippen molar-refractivity contribution in [3.63, 3.8) is 0 Å². The van der Waals surface area contributed by atoms with Crippen LogP contribution in [0.2, 0.25) is 0 Å². The first kappa shape index (κ1) is 28.3. The molecule has 2 saturated heterocycles. The number of nitrogens with two attached hydrogens (primary N) is 1. The molecular weight excluding hydrogens is 529 g/mol. The Labute approximate surface area is 238 Å². The van der Waals surface area contributed by atoms with Crippen LogP contribution in [0.5, 0.6) is 11.5 Å². The van der Waals surface area contributed by atoms with E-state index in [0.29, 0.717) is 62.8 Å². The number of ether oxygens (including phenoxy) is 3. The molecule has 0 spiro atoms. The Morgan fingerprint density at radius 1 is 1.20 bits per heavy atom. The summed E-state index contributed by atoms with van der Waals surface area (Å²) in [6.45, 7) is 6.09. The third-order valence-corrected chi connectivity index (χ3v) is 7.71. The van der Waals surface area contributed by atoms with Crippen molar-refractivity contribution < 1.29 is 23.4 Å². The standard InChI is InChI=1S/C29H34FN7O4/c1-29(16-41-17-29)15-33-21(19-6-4-18(14-31)5-7-19)13-23(38)36-8-10-37(11-9-36)28-34-25-20(27(32)35-28)12-22(39-2)26(40-3)24(25)30/h4-7,12,21,33H,8-11,13,15-17H2,1-3H3,(H2,32,34,35). The summed E-state index contributed by atoms with van der Waals surface area (Å²) >= 11 is 0. The van der Waals surface area contributed by atoms with Gasteiger partial charge in [0.15, 0.2) is 17.3 Å². The number of carbonyl (C=O) groups is 1. The molecule has 216 valence electrons. The van der Waals surface area contributed by atoms with Crippen LogP contribution in [-0.2, 0) is 9.53 Å². The number of rotatable bonds is 9. The number of piperazine rings is 1. The van der Waals surface area contributed by atoms with Gasteiger partial charge in [-0.05, 0) is 23.8 Å². The van der Waals surface area contributed by atoms with Crippen LogP contribution in [0.25, 0.3) is 10.9 Å². The number of carbonyl (C=O) groups excluding carboxylic acids is 1. The third-order valence-electron chi connectivity index (χ3n) is 7.71. The highest BCUT2D eigenvalue weighted by Crippen LogP contribution is 2.37. The molecule has 12 heteroatoms. The van der Waals surface area contributed by atoms with Crippen LogP contribution in [-0.4, -0.2) is 80.9 Å². The van der Waals surface area contributed by atoms with Crippen molar-refractivity contribution in [1.82, 2.24) is 20.2 Å². The van der Waals surface area contributed by atoms with E-state index in [9.17, 15) is 10.1 Å². The molecule has 2 aromatic carbocycles. The minimum atomic E-state index is -0.672. The van der Waals surface area contributed by atoms with Gasteiger partial charge in [0.2, 0.25) is 11.9 Å². The molecule has 3 N–H and O–H groups in total. The maximum Gasteiger partial charge on any atom is 0.228 e. The highest BCUT2D eigenvalue weighted by Gasteiger charge is 2.34. The van der Waals surface area contributed by atoms with Gasteiger partial charge in [0.25, 0.3) is 0 Å². The summed E-state index contributed by atoms with van der Waals surface area (Å²) in [7, 11) is 2.78. The van der Waals surface area contributed by atoms with Gasteiger partial charge in [-0.25, -0.2) is 9.37 Å². The maximum atomic E-state index is 15.2. The summed E-state index contributed by atoms with van der Waals surface area (Å²) in [6.07, 6.45) is 0.273. The molecule has 0 aliphatic carbocycles. The van der Waals surface area contributed by atoms with Crippen LogP contribution in [0.1, 0.15) is 30.5 Å². The van der Waals surface area contributed by atoms with Gasteiger partial charge in [0, 0.05) is 56.0 Å². The van der Waals surface area contributed by atoms with Gasteiger partial charge < -0.3 is 35.1 Å². The number of amides is 1. The normalized spacial score (nSPS) is 17.0. The molecule has 1 atom stereocenters. The van der Waals surface area contributed by atoms with E-state index in [4.69, 9.17) is 19.9 Å². The molecule has 11 nitrogen and oxygen atoms in total. The molecule has 1 amide bonds. The molecule has 3 heterocycles. The van der Waals surface area contributed by atoms with Crippen LogP contribution < -0.4 is 25.4 Å². The van der Waals surface area contributed by atoms with E-state index in [1.54, 1.807) is 18.2 Å². The predicted octanol–water partition coefficient (Wildman–Crippen LogP) is 2.65. The lowest BCUT2D eigenvalue weighted by Crippen LogP contribution is -2.51. The van der Waals surface area contributed by atoms with Gasteiger partial charge in [-0.2, -0.15) is 10.2 Å². The van der Waals surface area contributed by atoms with Gasteiger partial charge >= 0.3 is 0 Å². The number of fused-ring (bicyclic) bond motifs is 1. The first-order valence-electron chi connectivity index (χ1n) is 13.5. The van der Waals surface area contributed by atoms with E-state index >= 15 is 4.39 Å². The molecule has 5 rings (SSSR count). The second-order valence-electron chi connectivity index (χ2n) is 10.8. The third kappa shape index (κ3) is 5.82. The van der Waals surface area contributed by atoms with Crippen LogP contribution in [0.15, 0.2) is 30.3 Å². The van der Waals surface area contributed by atoms with Crippen molar-refractivity contribution in [2.75, 3.05) is 70.8 Å². The fraction of sp³-hybridized carbons (Fsp3) is 0.448. The fourth-order valence-corrected chi connectivity index (χ4v) is 5.16. The number of halogens is 1. The average Bonchev–Trinajstić information content (AvgIpc) is 2.98. The van der Waals surface area contributed by atoms with Crippen molar-refractivity contribution >= 4 is 28.6 Å². The lowest BCUT2D eigenvalue weighted by Gasteiger charge is -2.40. The second-order valence-corrected chi connectivity index (χ2v) is 10.8. The lowest BCUT2D eigenvalue weighted by molar-refractivity contribution is -0.132. The van der Waals surface area contributed by atoms with Gasteiger partial charge in [-0.1, -0.05) is 19.1 Å². The number of anilines is 2. The Hall–Kier alpha value is -4.21. The zero-order valence-electron chi connectivity index (χ0n) is 23.4. The summed E-state index contributed by atoms with van der Waals surface area (Å²) in [5.41, 5.74) is 7.80. The molecule has 0 radical (unpaired) electrons. The van der Waals surface area contributed by atoms with Crippen LogP contribution >= 0.6 is 0 Å². The fourth-order valence-electron chi connectivity index (χ4n) is 5.16. The summed E-state index contributed by atoms with van der Waals surface area (Å²) in [5, 5.41) is 13.1. The van der Waals surface area contributed by atoms with Gasteiger partial charge in [0.05, 0.1) is 39.1 Å². The Kier molecular flexibility index (Phi) is 8.10. The maximum absolute atomic E-state index is 15.2. The van der Waals surface area contributed by atoms with Crippen molar-refractivity contribution in [3.05, 3.63) is 47.3 Å². The number of aromatic nitrogens is 2. The molecule has 0 bridgehead atoms. The molecule has 0 saturated carbocycles. The van der Waals surface area contributed by atoms with Gasteiger partial charge in [-0.15, -0.1) is 0 Å². The van der Waals surface area contributed by atoms with E-state index in [1.165, 1.54) is 14.2 Å². The first-order chi connectivity index (χ1) is 19.7. The smallest absolute Gasteiger partial charge is 0.228 e. The van der Waals surface area contributed by atoms with Crippen molar-refractivity contribution in [3.8, 4) is 17.6 Å². The number of benzene rings is 2. The second kappa shape index (κ2) is 11.7.